The standard InChI is InChI=1S/C104H78BN5/c1-103(2,3)73-61-83(67-32-12-7-13-33-67)101(84(62-73)68-34-14-8-15-35-68)109-96-65-76(107-90-47-27-22-42-78(90)79-43-23-28-48-91(79)107)53-55-88(96)105-89-56-54-77(108-92-49-29-24-44-80(92)81-45-25-30-50-93(81)108)66-97(89)110(102-85(69-36-16-9-17-37-69)63-74(104(4,5)6)64-86(102)70-38-18-10-19-39-70)99-60-72(59-98(109)100(99)105)71-52-57-95-87(58-71)82-46-26-31-51-94(82)106(95)75-40-20-11-21-41-75/h7-66H,1-6H3/i22D,23D,24D,25D,27D,28D,29D,30D,42D,43D,44D,45D,47D,48D,49D,50D,53D,54D,55D,56D,65D,66D. The first-order valence-electron chi connectivity index (χ1n) is 47.8. The number of aromatic nitrogens is 3. The molecule has 0 spiro atoms. The molecular formula is C104H78BN5. The van der Waals surface area contributed by atoms with Gasteiger partial charge in [0, 0.05) is 94.4 Å². The second-order valence-corrected chi connectivity index (χ2v) is 30.3. The van der Waals surface area contributed by atoms with Gasteiger partial charge in [0.05, 0.1) is 74.6 Å². The second kappa shape index (κ2) is 25.1. The topological polar surface area (TPSA) is 21.3 Å². The first kappa shape index (κ1) is 45.9. The van der Waals surface area contributed by atoms with Gasteiger partial charge in [0.2, 0.25) is 0 Å². The zero-order valence-corrected chi connectivity index (χ0v) is 60.8. The highest BCUT2D eigenvalue weighted by Gasteiger charge is 2.46. The van der Waals surface area contributed by atoms with Crippen LogP contribution < -0.4 is 26.2 Å². The summed E-state index contributed by atoms with van der Waals surface area (Å²) in [6.45, 7) is 10.9. The molecule has 19 aromatic rings. The Morgan fingerprint density at radius 1 is 0.264 bits per heavy atom. The van der Waals surface area contributed by atoms with Crippen LogP contribution in [-0.4, -0.2) is 20.4 Å². The van der Waals surface area contributed by atoms with Gasteiger partial charge < -0.3 is 23.5 Å². The Morgan fingerprint density at radius 2 is 0.609 bits per heavy atom. The monoisotopic (exact) mass is 1430 g/mol. The smallest absolute Gasteiger partial charge is 0.252 e. The molecule has 2 aliphatic rings. The zero-order chi connectivity index (χ0) is 92.8. The maximum absolute atomic E-state index is 12.0. The van der Waals surface area contributed by atoms with Crippen molar-refractivity contribution in [2.75, 3.05) is 9.80 Å². The van der Waals surface area contributed by atoms with Crippen molar-refractivity contribution in [3.8, 4) is 72.7 Å². The molecule has 522 valence electrons. The lowest BCUT2D eigenvalue weighted by Gasteiger charge is -2.46. The summed E-state index contributed by atoms with van der Waals surface area (Å²) in [5.74, 6) is 0. The Bertz CT molecular complexity index is 7640. The molecule has 0 amide bonds. The minimum atomic E-state index is -1.71. The molecule has 0 radical (unpaired) electrons. The second-order valence-electron chi connectivity index (χ2n) is 30.3. The van der Waals surface area contributed by atoms with Crippen molar-refractivity contribution in [1.29, 1.82) is 0 Å². The van der Waals surface area contributed by atoms with Crippen LogP contribution >= 0.6 is 0 Å². The highest BCUT2D eigenvalue weighted by molar-refractivity contribution is 7.00. The average Bonchev–Trinajstić information content (AvgIpc) is 0.794. The molecule has 21 rings (SSSR count). The first-order chi connectivity index (χ1) is 63.0. The van der Waals surface area contributed by atoms with E-state index in [0.717, 1.165) is 47.8 Å². The number of fused-ring (bicyclic) bond motifs is 13. The molecule has 110 heavy (non-hydrogen) atoms. The van der Waals surface area contributed by atoms with Gasteiger partial charge >= 0.3 is 0 Å². The van der Waals surface area contributed by atoms with Crippen LogP contribution in [0.15, 0.2) is 363 Å². The fourth-order valence-electron chi connectivity index (χ4n) is 16.6. The van der Waals surface area contributed by atoms with E-state index in [4.69, 9.17) is 0 Å². The van der Waals surface area contributed by atoms with Crippen molar-refractivity contribution >= 4 is 123 Å². The number of para-hydroxylation sites is 6. The highest BCUT2D eigenvalue weighted by Crippen LogP contribution is 2.56. The summed E-state index contributed by atoms with van der Waals surface area (Å²) in [6.07, 6.45) is 0. The Labute approximate surface area is 673 Å². The van der Waals surface area contributed by atoms with E-state index >= 15 is 0 Å². The lowest BCUT2D eigenvalue weighted by molar-refractivity contribution is 0.590. The van der Waals surface area contributed by atoms with E-state index in [0.29, 0.717) is 67.0 Å². The molecule has 3 aromatic heterocycles. The molecule has 0 atom stereocenters. The van der Waals surface area contributed by atoms with Gasteiger partial charge in [0.1, 0.15) is 0 Å². The van der Waals surface area contributed by atoms with Gasteiger partial charge in [-0.25, -0.2) is 0 Å². The molecule has 16 aromatic carbocycles. The molecule has 0 saturated heterocycles. The normalized spacial score (nSPS) is 15.6. The van der Waals surface area contributed by atoms with Gasteiger partial charge in [-0.2, -0.15) is 0 Å². The third-order valence-electron chi connectivity index (χ3n) is 21.8. The number of anilines is 6. The maximum atomic E-state index is 12.0. The summed E-state index contributed by atoms with van der Waals surface area (Å²) in [7, 11) is 0. The minimum Gasteiger partial charge on any atom is -0.310 e. The Hall–Kier alpha value is -13.4. The lowest BCUT2D eigenvalue weighted by Crippen LogP contribution is -2.61. The number of hydrogen-bond acceptors (Lipinski definition) is 2. The summed E-state index contributed by atoms with van der Waals surface area (Å²) >= 11 is 0. The number of hydrogen-bond donors (Lipinski definition) is 0. The minimum absolute atomic E-state index is 0.177. The summed E-state index contributed by atoms with van der Waals surface area (Å²) < 4.78 is 227. The Morgan fingerprint density at radius 3 is 1.00 bits per heavy atom. The van der Waals surface area contributed by atoms with Crippen molar-refractivity contribution in [1.82, 2.24) is 13.7 Å². The predicted octanol–water partition coefficient (Wildman–Crippen LogP) is 26.0. The van der Waals surface area contributed by atoms with Gasteiger partial charge in [-0.05, 0) is 187 Å². The van der Waals surface area contributed by atoms with E-state index in [1.54, 1.807) is 0 Å². The van der Waals surface area contributed by atoms with E-state index in [1.807, 2.05) is 192 Å². The molecule has 0 bridgehead atoms. The Kier molecular flexibility index (Phi) is 10.5. The molecule has 0 N–H and O–H groups in total. The van der Waals surface area contributed by atoms with Gasteiger partial charge in [0.15, 0.2) is 0 Å². The van der Waals surface area contributed by atoms with Crippen molar-refractivity contribution in [3.63, 3.8) is 0 Å². The number of benzene rings is 16. The summed E-state index contributed by atoms with van der Waals surface area (Å²) in [4.78, 5) is 3.80. The SMILES string of the molecule is [2H]c1c([2H])c(-n2c3c([2H])c([2H])c([2H])c([2H])c3c3c([2H])c([2H])c([2H])c([2H])c32)c([2H])c2c1B1c3c(cc(-c4ccc5c(c4)c4ccccc4n5-c4ccccc4)cc3N(c3c(-c4ccccc4)cc(C(C)(C)C)cc3-c3ccccc3)c3c([2H])c(-n4c5c([2H])c([2H])c([2H])c([2H])c5c5c([2H])c([2H])c([2H])c([2H])c54)c([2H])c([2H])c31)N2c1c(-c2ccccc2)cc(C(C)(C)C)cc1-c1ccccc1. The third-order valence-corrected chi connectivity index (χ3v) is 21.8. The fourth-order valence-corrected chi connectivity index (χ4v) is 16.6. The van der Waals surface area contributed by atoms with Crippen LogP contribution in [0.25, 0.3) is 138 Å². The molecule has 0 aliphatic carbocycles. The third kappa shape index (κ3) is 10.2. The van der Waals surface area contributed by atoms with Gasteiger partial charge in [-0.15, -0.1) is 0 Å². The Balaban J connectivity index is 1.05. The molecule has 5 heterocycles. The van der Waals surface area contributed by atoms with Crippen LogP contribution in [0.4, 0.5) is 34.1 Å². The summed E-state index contributed by atoms with van der Waals surface area (Å²) in [5, 5.41) is 0.270. The van der Waals surface area contributed by atoms with Crippen LogP contribution in [0.3, 0.4) is 0 Å². The van der Waals surface area contributed by atoms with E-state index in [9.17, 15) is 30.2 Å². The molecule has 0 fully saturated rings. The van der Waals surface area contributed by atoms with E-state index in [2.05, 4.69) is 94.6 Å². The van der Waals surface area contributed by atoms with Crippen LogP contribution in [0.1, 0.15) is 82.8 Å². The largest absolute Gasteiger partial charge is 0.310 e. The van der Waals surface area contributed by atoms with Crippen molar-refractivity contribution in [2.24, 2.45) is 0 Å². The van der Waals surface area contributed by atoms with Gasteiger partial charge in [0.25, 0.3) is 6.71 Å². The van der Waals surface area contributed by atoms with Crippen molar-refractivity contribution in [2.45, 2.75) is 52.4 Å². The predicted molar refractivity (Wildman–Crippen MR) is 468 cm³/mol. The number of nitrogens with zero attached hydrogens (tertiary/aromatic N) is 5. The van der Waals surface area contributed by atoms with Crippen LogP contribution in [0.2, 0.25) is 0 Å². The van der Waals surface area contributed by atoms with E-state index in [1.165, 1.54) is 0 Å². The summed E-state index contributed by atoms with van der Waals surface area (Å²) in [5.41, 5.74) is 7.11. The average molecular weight is 1430 g/mol. The zero-order valence-electron chi connectivity index (χ0n) is 82.8. The first-order valence-corrected chi connectivity index (χ1v) is 36.8. The van der Waals surface area contributed by atoms with E-state index in [-0.39, 0.29) is 60.7 Å². The van der Waals surface area contributed by atoms with E-state index < -0.39 is 184 Å². The lowest BCUT2D eigenvalue weighted by atomic mass is 9.33. The quantitative estimate of drug-likeness (QED) is 0.127. The maximum Gasteiger partial charge on any atom is 0.252 e. The van der Waals surface area contributed by atoms with Gasteiger partial charge in [-0.1, -0.05) is 290 Å². The highest BCUT2D eigenvalue weighted by atomic mass is 15.2. The molecule has 5 nitrogen and oxygen atoms in total. The van der Waals surface area contributed by atoms with Crippen molar-refractivity contribution in [3.05, 3.63) is 375 Å². The van der Waals surface area contributed by atoms with Crippen LogP contribution in [0, 0.1) is 0 Å². The van der Waals surface area contributed by atoms with Gasteiger partial charge in [-0.3, -0.25) is 0 Å². The van der Waals surface area contributed by atoms with Crippen molar-refractivity contribution < 1.29 is 30.2 Å². The molecule has 2 aliphatic heterocycles. The molecular weight excluding hydrogens is 1330 g/mol. The molecule has 6 heteroatoms. The summed E-state index contributed by atoms with van der Waals surface area (Å²) in [6, 6.07) is 59.1. The van der Waals surface area contributed by atoms with Crippen LogP contribution in [-0.2, 0) is 10.8 Å². The molecule has 0 saturated carbocycles. The molecule has 0 unspecified atom stereocenters. The van der Waals surface area contributed by atoms with Crippen LogP contribution in [0.5, 0.6) is 0 Å². The number of rotatable bonds is 10. The fraction of sp³-hybridized carbons (Fsp3) is 0.0769.